The predicted octanol–water partition coefficient (Wildman–Crippen LogP) is 5.62. The lowest BCUT2D eigenvalue weighted by Crippen LogP contribution is -2.36. The molecule has 0 bridgehead atoms. The van der Waals surface area contributed by atoms with Crippen LogP contribution in [0.1, 0.15) is 50.2 Å². The van der Waals surface area contributed by atoms with Gasteiger partial charge in [0.15, 0.2) is 0 Å². The molecule has 1 saturated heterocycles. The average Bonchev–Trinajstić information content (AvgIpc) is 2.63. The average molecular weight is 353 g/mol. The summed E-state index contributed by atoms with van der Waals surface area (Å²) >= 11 is 0. The number of nitrogens with zero attached hydrogens (tertiary/aromatic N) is 1. The highest BCUT2D eigenvalue weighted by molar-refractivity contribution is 5.79. The molecule has 0 amide bonds. The molecule has 0 aromatic heterocycles. The van der Waals surface area contributed by atoms with E-state index in [1.165, 1.54) is 5.56 Å². The molecule has 2 atom stereocenters. The fraction of sp³-hybridized carbons (Fsp3) is 0.435. The first-order valence-corrected chi connectivity index (χ1v) is 9.48. The smallest absolute Gasteiger partial charge is 0.123 e. The van der Waals surface area contributed by atoms with Gasteiger partial charge in [-0.2, -0.15) is 0 Å². The lowest BCUT2D eigenvalue weighted by molar-refractivity contribution is -0.0771. The Labute approximate surface area is 156 Å². The molecule has 0 N–H and O–H groups in total. The number of aliphatic imine (C=N–C) groups is 1. The maximum absolute atomic E-state index is 13.4. The van der Waals surface area contributed by atoms with Crippen LogP contribution in [0.5, 0.6) is 0 Å². The van der Waals surface area contributed by atoms with Crippen molar-refractivity contribution >= 4 is 6.21 Å². The second kappa shape index (κ2) is 8.59. The summed E-state index contributed by atoms with van der Waals surface area (Å²) in [4.78, 5) is 4.63. The molecular formula is C23H28FNO. The van der Waals surface area contributed by atoms with Crippen molar-refractivity contribution < 1.29 is 9.13 Å². The van der Waals surface area contributed by atoms with Gasteiger partial charge in [0.1, 0.15) is 5.82 Å². The van der Waals surface area contributed by atoms with Crippen LogP contribution in [-0.4, -0.2) is 25.0 Å². The highest BCUT2D eigenvalue weighted by atomic mass is 19.1. The summed E-state index contributed by atoms with van der Waals surface area (Å²) in [6.45, 7) is 5.89. The lowest BCUT2D eigenvalue weighted by Gasteiger charge is -2.39. The maximum Gasteiger partial charge on any atom is 0.123 e. The summed E-state index contributed by atoms with van der Waals surface area (Å²) in [7, 11) is 0. The third-order valence-electron chi connectivity index (χ3n) is 5.21. The molecule has 2 nitrogen and oxygen atoms in total. The second-order valence-electron chi connectivity index (χ2n) is 7.75. The van der Waals surface area contributed by atoms with Gasteiger partial charge in [-0.1, -0.05) is 42.5 Å². The quantitative estimate of drug-likeness (QED) is 0.617. The van der Waals surface area contributed by atoms with Crippen LogP contribution < -0.4 is 0 Å². The molecule has 3 heteroatoms. The fourth-order valence-corrected chi connectivity index (χ4v) is 3.93. The molecule has 1 aliphatic heterocycles. The molecule has 1 heterocycles. The molecule has 26 heavy (non-hydrogen) atoms. The van der Waals surface area contributed by atoms with Gasteiger partial charge < -0.3 is 4.74 Å². The molecule has 138 valence electrons. The first kappa shape index (κ1) is 18.8. The van der Waals surface area contributed by atoms with Gasteiger partial charge in [-0.05, 0) is 68.2 Å². The fourth-order valence-electron chi connectivity index (χ4n) is 3.93. The van der Waals surface area contributed by atoms with E-state index in [-0.39, 0.29) is 11.4 Å². The van der Waals surface area contributed by atoms with Gasteiger partial charge >= 0.3 is 0 Å². The van der Waals surface area contributed by atoms with E-state index in [1.54, 1.807) is 12.1 Å². The topological polar surface area (TPSA) is 21.6 Å². The maximum atomic E-state index is 13.4. The van der Waals surface area contributed by atoms with Crippen molar-refractivity contribution in [3.8, 4) is 0 Å². The Morgan fingerprint density at radius 2 is 1.88 bits per heavy atom. The van der Waals surface area contributed by atoms with Gasteiger partial charge in [0.05, 0.1) is 5.60 Å². The Morgan fingerprint density at radius 3 is 2.58 bits per heavy atom. The minimum Gasteiger partial charge on any atom is -0.376 e. The van der Waals surface area contributed by atoms with Gasteiger partial charge in [0.2, 0.25) is 0 Å². The third-order valence-corrected chi connectivity index (χ3v) is 5.21. The Hall–Kier alpha value is -2.00. The van der Waals surface area contributed by atoms with Crippen LogP contribution in [0.3, 0.4) is 0 Å². The largest absolute Gasteiger partial charge is 0.376 e. The summed E-state index contributed by atoms with van der Waals surface area (Å²) < 4.78 is 19.3. The van der Waals surface area contributed by atoms with E-state index in [1.807, 2.05) is 36.5 Å². The van der Waals surface area contributed by atoms with Crippen LogP contribution in [0, 0.1) is 11.7 Å². The molecule has 0 radical (unpaired) electrons. The minimum atomic E-state index is -0.179. The highest BCUT2D eigenvalue weighted by Gasteiger charge is 2.33. The SMILES string of the molecule is CC1(C)C[C@H]([C@H](CCN=Cc2ccccc2)c2ccc(F)cc2)CCO1. The van der Waals surface area contributed by atoms with E-state index >= 15 is 0 Å². The molecule has 1 aliphatic rings. The zero-order valence-corrected chi connectivity index (χ0v) is 15.7. The first-order chi connectivity index (χ1) is 12.5. The van der Waals surface area contributed by atoms with Crippen molar-refractivity contribution in [2.24, 2.45) is 10.9 Å². The highest BCUT2D eigenvalue weighted by Crippen LogP contribution is 2.40. The summed E-state index contributed by atoms with van der Waals surface area (Å²) in [6, 6.07) is 17.2. The van der Waals surface area contributed by atoms with E-state index in [9.17, 15) is 4.39 Å². The van der Waals surface area contributed by atoms with Gasteiger partial charge in [-0.3, -0.25) is 4.99 Å². The van der Waals surface area contributed by atoms with Gasteiger partial charge in [-0.15, -0.1) is 0 Å². The molecule has 0 spiro atoms. The van der Waals surface area contributed by atoms with Crippen molar-refractivity contribution in [2.75, 3.05) is 13.2 Å². The molecule has 2 aromatic carbocycles. The van der Waals surface area contributed by atoms with E-state index in [4.69, 9.17) is 4.74 Å². The molecule has 1 fully saturated rings. The molecule has 0 aliphatic carbocycles. The van der Waals surface area contributed by atoms with Crippen molar-refractivity contribution in [1.82, 2.24) is 0 Å². The van der Waals surface area contributed by atoms with Crippen molar-refractivity contribution in [3.05, 3.63) is 71.5 Å². The zero-order chi connectivity index (χ0) is 18.4. The molecule has 2 aromatic rings. The molecular weight excluding hydrogens is 325 g/mol. The molecule has 3 rings (SSSR count). The van der Waals surface area contributed by atoms with E-state index in [0.717, 1.165) is 38.0 Å². The summed E-state index contributed by atoms with van der Waals surface area (Å²) in [5.74, 6) is 0.741. The monoisotopic (exact) mass is 353 g/mol. The Balaban J connectivity index is 1.70. The number of hydrogen-bond acceptors (Lipinski definition) is 2. The van der Waals surface area contributed by atoms with Crippen molar-refractivity contribution in [1.29, 1.82) is 0 Å². The van der Waals surface area contributed by atoms with Gasteiger partial charge in [0.25, 0.3) is 0 Å². The number of halogens is 1. The van der Waals surface area contributed by atoms with E-state index in [0.29, 0.717) is 11.8 Å². The second-order valence-corrected chi connectivity index (χ2v) is 7.75. The van der Waals surface area contributed by atoms with Crippen molar-refractivity contribution in [3.63, 3.8) is 0 Å². The Morgan fingerprint density at radius 1 is 1.15 bits per heavy atom. The normalized spacial score (nSPS) is 21.0. The van der Waals surface area contributed by atoms with Gasteiger partial charge in [0, 0.05) is 19.4 Å². The van der Waals surface area contributed by atoms with E-state index in [2.05, 4.69) is 31.0 Å². The predicted molar refractivity (Wildman–Crippen MR) is 105 cm³/mol. The van der Waals surface area contributed by atoms with E-state index < -0.39 is 0 Å². The Bertz CT molecular complexity index is 709. The number of rotatable bonds is 6. The summed E-state index contributed by atoms with van der Waals surface area (Å²) in [5, 5.41) is 0. The molecule has 0 unspecified atom stereocenters. The van der Waals surface area contributed by atoms with Gasteiger partial charge in [-0.25, -0.2) is 4.39 Å². The standard InChI is InChI=1S/C23H28FNO/c1-23(2)16-20(13-15-26-23)22(19-8-10-21(24)11-9-19)12-14-25-17-18-6-4-3-5-7-18/h3-11,17,20,22H,12-16H2,1-2H3/t20-,22-/m1/s1. The molecule has 0 saturated carbocycles. The van der Waals surface area contributed by atoms with Crippen LogP contribution in [0.25, 0.3) is 0 Å². The summed E-state index contributed by atoms with van der Waals surface area (Å²) in [6.07, 6.45) is 4.98. The number of benzene rings is 2. The van der Waals surface area contributed by atoms with Crippen LogP contribution in [0.15, 0.2) is 59.6 Å². The summed E-state index contributed by atoms with van der Waals surface area (Å²) in [5.41, 5.74) is 2.25. The Kier molecular flexibility index (Phi) is 6.20. The number of ether oxygens (including phenoxy) is 1. The van der Waals surface area contributed by atoms with Crippen LogP contribution in [-0.2, 0) is 4.74 Å². The minimum absolute atomic E-state index is 0.0888. The first-order valence-electron chi connectivity index (χ1n) is 9.48. The third kappa shape index (κ3) is 5.25. The van der Waals surface area contributed by atoms with Crippen LogP contribution in [0.4, 0.5) is 4.39 Å². The lowest BCUT2D eigenvalue weighted by atomic mass is 9.75. The van der Waals surface area contributed by atoms with Crippen LogP contribution in [0.2, 0.25) is 0 Å². The number of hydrogen-bond donors (Lipinski definition) is 0. The zero-order valence-electron chi connectivity index (χ0n) is 15.7. The van der Waals surface area contributed by atoms with Crippen molar-refractivity contribution in [2.45, 2.75) is 44.6 Å². The van der Waals surface area contributed by atoms with Crippen LogP contribution >= 0.6 is 0 Å².